The van der Waals surface area contributed by atoms with Crippen molar-refractivity contribution in [2.24, 2.45) is 5.14 Å². The second kappa shape index (κ2) is 15.5. The quantitative estimate of drug-likeness (QED) is 0.205. The number of benzene rings is 3. The smallest absolute Gasteiger partial charge is 0.429 e. The molecule has 12 nitrogen and oxygen atoms in total. The summed E-state index contributed by atoms with van der Waals surface area (Å²) >= 11 is 0. The second-order valence-electron chi connectivity index (χ2n) is 12.6. The first kappa shape index (κ1) is 36.1. The van der Waals surface area contributed by atoms with Crippen LogP contribution in [0.4, 0.5) is 10.5 Å². The van der Waals surface area contributed by atoms with Gasteiger partial charge in [-0.3, -0.25) is 0 Å². The highest BCUT2D eigenvalue weighted by Gasteiger charge is 2.31. The van der Waals surface area contributed by atoms with E-state index < -0.39 is 33.8 Å². The summed E-state index contributed by atoms with van der Waals surface area (Å²) in [7, 11) is -4.42. The number of nitrogens with one attached hydrogen (secondary N) is 1. The Morgan fingerprint density at radius 2 is 1.81 bits per heavy atom. The van der Waals surface area contributed by atoms with Crippen LogP contribution in [0.5, 0.6) is 11.5 Å². The van der Waals surface area contributed by atoms with Crippen molar-refractivity contribution < 1.29 is 42.0 Å². The minimum Gasteiger partial charge on any atom is -0.491 e. The topological polar surface area (TPSA) is 159 Å². The van der Waals surface area contributed by atoms with E-state index in [9.17, 15) is 18.3 Å². The first-order chi connectivity index (χ1) is 22.1. The number of aliphatic hydroxyl groups excluding tert-OH is 1. The summed E-state index contributed by atoms with van der Waals surface area (Å²) < 4.78 is 53.0. The van der Waals surface area contributed by atoms with Crippen molar-refractivity contribution in [1.29, 1.82) is 0 Å². The molecule has 0 radical (unpaired) electrons. The zero-order valence-electron chi connectivity index (χ0n) is 27.5. The van der Waals surface area contributed by atoms with Crippen molar-refractivity contribution in [1.82, 2.24) is 5.32 Å². The number of hydrogen-bond donors (Lipinski definition) is 3. The molecule has 0 unspecified atom stereocenters. The zero-order chi connectivity index (χ0) is 34.2. The van der Waals surface area contributed by atoms with E-state index in [4.69, 9.17) is 28.8 Å². The Hall–Kier alpha value is -3.72. The van der Waals surface area contributed by atoms with E-state index in [1.54, 1.807) is 32.9 Å². The van der Waals surface area contributed by atoms with Crippen LogP contribution in [-0.4, -0.2) is 57.3 Å². The molecule has 0 aromatic heterocycles. The number of hydrogen-bond acceptors (Lipinski definition) is 10. The third-order valence-electron chi connectivity index (χ3n) is 6.98. The molecule has 256 valence electrons. The fourth-order valence-electron chi connectivity index (χ4n) is 4.75. The van der Waals surface area contributed by atoms with Gasteiger partial charge in [0.15, 0.2) is 0 Å². The number of anilines is 1. The molecule has 0 bridgehead atoms. The summed E-state index contributed by atoms with van der Waals surface area (Å²) in [5, 5.41) is 19.3. The molecule has 4 N–H and O–H groups in total. The summed E-state index contributed by atoms with van der Waals surface area (Å²) in [5.41, 5.74) is 2.65. The van der Waals surface area contributed by atoms with Crippen LogP contribution in [0, 0.1) is 0 Å². The van der Waals surface area contributed by atoms with Crippen LogP contribution < -0.4 is 24.2 Å². The van der Waals surface area contributed by atoms with E-state index in [0.29, 0.717) is 41.9 Å². The Labute approximate surface area is 276 Å². The van der Waals surface area contributed by atoms with Crippen LogP contribution in [0.1, 0.15) is 63.0 Å². The second-order valence-corrected chi connectivity index (χ2v) is 14.0. The van der Waals surface area contributed by atoms with Gasteiger partial charge in [-0.15, -0.1) is 0 Å². The fraction of sp³-hybridized carbons (Fsp3) is 0.441. The Morgan fingerprint density at radius 3 is 2.51 bits per heavy atom. The van der Waals surface area contributed by atoms with E-state index in [1.807, 2.05) is 56.3 Å². The first-order valence-corrected chi connectivity index (χ1v) is 16.9. The maximum absolute atomic E-state index is 12.5. The van der Waals surface area contributed by atoms with Crippen LogP contribution in [0.2, 0.25) is 0 Å². The Bertz CT molecular complexity index is 1610. The van der Waals surface area contributed by atoms with Gasteiger partial charge in [0.2, 0.25) is 5.79 Å². The Morgan fingerprint density at radius 1 is 1.06 bits per heavy atom. The lowest BCUT2D eigenvalue weighted by atomic mass is 10.0. The molecule has 0 saturated heterocycles. The molecule has 3 aromatic carbocycles. The summed E-state index contributed by atoms with van der Waals surface area (Å²) in [6, 6.07) is 19.8. The third-order valence-corrected chi connectivity index (χ3v) is 7.84. The van der Waals surface area contributed by atoms with E-state index >= 15 is 0 Å². The van der Waals surface area contributed by atoms with Gasteiger partial charge in [-0.05, 0) is 86.8 Å². The van der Waals surface area contributed by atoms with Gasteiger partial charge in [-0.2, -0.15) is 12.7 Å². The molecule has 1 aliphatic heterocycles. The van der Waals surface area contributed by atoms with E-state index in [0.717, 1.165) is 28.9 Å². The molecule has 1 aliphatic rings. The van der Waals surface area contributed by atoms with Crippen LogP contribution in [0.15, 0.2) is 66.7 Å². The van der Waals surface area contributed by atoms with Gasteiger partial charge in [0.25, 0.3) is 0 Å². The molecule has 13 heteroatoms. The lowest BCUT2D eigenvalue weighted by molar-refractivity contribution is -0.180. The lowest BCUT2D eigenvalue weighted by Gasteiger charge is -2.33. The SMILES string of the molecule is CC(C)(C)OC(=O)N(c1cccc(COCCOc2ccc(CCNC[C@H](O)c3ccc4c(c3)COC(C)(C)O4)cc2)c1)S(N)(=O)=O. The highest BCUT2D eigenvalue weighted by molar-refractivity contribution is 7.91. The van der Waals surface area contributed by atoms with Crippen LogP contribution >= 0.6 is 0 Å². The maximum atomic E-state index is 12.5. The molecule has 4 rings (SSSR count). The van der Waals surface area contributed by atoms with Crippen molar-refractivity contribution in [3.8, 4) is 11.5 Å². The first-order valence-electron chi connectivity index (χ1n) is 15.4. The minimum absolute atomic E-state index is 0.0512. The predicted octanol–water partition coefficient (Wildman–Crippen LogP) is 4.74. The molecule has 3 aromatic rings. The average Bonchev–Trinajstić information content (AvgIpc) is 2.97. The van der Waals surface area contributed by atoms with Crippen LogP contribution in [0.25, 0.3) is 0 Å². The lowest BCUT2D eigenvalue weighted by Crippen LogP contribution is -2.44. The number of nitrogens with zero attached hydrogens (tertiary/aromatic N) is 1. The molecule has 1 heterocycles. The molecule has 0 aliphatic carbocycles. The molecule has 47 heavy (non-hydrogen) atoms. The number of ether oxygens (including phenoxy) is 5. The van der Waals surface area contributed by atoms with Gasteiger partial charge in [0, 0.05) is 26.0 Å². The van der Waals surface area contributed by atoms with Gasteiger partial charge < -0.3 is 34.1 Å². The number of aliphatic hydroxyl groups is 1. The van der Waals surface area contributed by atoms with Crippen molar-refractivity contribution in [3.63, 3.8) is 0 Å². The molecular formula is C34H45N3O9S. The number of nitrogens with two attached hydrogens (primary N) is 1. The largest absolute Gasteiger partial charge is 0.491 e. The molecule has 0 fully saturated rings. The van der Waals surface area contributed by atoms with E-state index in [-0.39, 0.29) is 18.9 Å². The van der Waals surface area contributed by atoms with Crippen LogP contribution in [0.3, 0.4) is 0 Å². The van der Waals surface area contributed by atoms with Gasteiger partial charge in [-0.25, -0.2) is 9.93 Å². The number of carbonyl (C=O) groups is 1. The number of rotatable bonds is 14. The summed E-state index contributed by atoms with van der Waals surface area (Å²) in [6.07, 6.45) is -0.955. The highest BCUT2D eigenvalue weighted by atomic mass is 32.2. The molecule has 1 atom stereocenters. The molecular weight excluding hydrogens is 626 g/mol. The summed E-state index contributed by atoms with van der Waals surface area (Å²) in [4.78, 5) is 12.5. The fourth-order valence-corrected chi connectivity index (χ4v) is 5.40. The van der Waals surface area contributed by atoms with Gasteiger partial charge in [-0.1, -0.05) is 30.3 Å². The number of amides is 1. The normalized spacial score (nSPS) is 14.9. The van der Waals surface area contributed by atoms with Crippen LogP contribution in [-0.2, 0) is 44.1 Å². The summed E-state index contributed by atoms with van der Waals surface area (Å²) in [5.74, 6) is 0.832. The molecule has 0 saturated carbocycles. The summed E-state index contributed by atoms with van der Waals surface area (Å²) in [6.45, 7) is 11.0. The van der Waals surface area contributed by atoms with E-state index in [2.05, 4.69) is 5.32 Å². The maximum Gasteiger partial charge on any atom is 0.429 e. The zero-order valence-corrected chi connectivity index (χ0v) is 28.3. The minimum atomic E-state index is -4.42. The van der Waals surface area contributed by atoms with Gasteiger partial charge in [0.1, 0.15) is 23.7 Å². The third kappa shape index (κ3) is 11.2. The standard InChI is InChI=1S/C34H45N3O9S/c1-33(2,3)46-32(39)37(47(35,40)41)28-8-6-7-25(19-28)22-42-17-18-43-29-12-9-24(10-13-29)15-16-36-21-30(38)26-11-14-31-27(20-26)23-44-34(4,5)45-31/h6-14,19-20,30,36,38H,15-18,21-23H2,1-5H3,(H2,35,40,41)/t30-/m0/s1. The number of carbonyl (C=O) groups excluding carboxylic acids is 1. The van der Waals surface area contributed by atoms with Crippen molar-refractivity contribution in [2.75, 3.05) is 30.6 Å². The Kier molecular flexibility index (Phi) is 11.9. The highest BCUT2D eigenvalue weighted by Crippen LogP contribution is 2.33. The van der Waals surface area contributed by atoms with Crippen molar-refractivity contribution in [2.45, 2.75) is 71.7 Å². The van der Waals surface area contributed by atoms with Crippen molar-refractivity contribution in [3.05, 3.63) is 89.0 Å². The molecule has 1 amide bonds. The van der Waals surface area contributed by atoms with Gasteiger partial charge in [0.05, 0.1) is 31.6 Å². The Balaban J connectivity index is 1.15. The van der Waals surface area contributed by atoms with Crippen molar-refractivity contribution >= 4 is 22.0 Å². The van der Waals surface area contributed by atoms with E-state index in [1.165, 1.54) is 12.1 Å². The molecule has 0 spiro atoms. The average molecular weight is 672 g/mol. The van der Waals surface area contributed by atoms with Gasteiger partial charge >= 0.3 is 16.3 Å². The number of fused-ring (bicyclic) bond motifs is 1. The monoisotopic (exact) mass is 671 g/mol. The predicted molar refractivity (Wildman–Crippen MR) is 177 cm³/mol.